The zero-order chi connectivity index (χ0) is 13.2. The van der Waals surface area contributed by atoms with Gasteiger partial charge >= 0.3 is 0 Å². The van der Waals surface area contributed by atoms with Crippen LogP contribution in [0.25, 0.3) is 0 Å². The highest BCUT2D eigenvalue weighted by Crippen LogP contribution is 2.25. The fourth-order valence-electron chi connectivity index (χ4n) is 2.04. The standard InChI is InChI=1S/C12H14ClNO3S/c13-9-2-1-3-11(8-9)18(16,17)10-4-5-12(15)14-7-6-10/h1-3,8,10H,4-7H2,(H,14,15). The maximum atomic E-state index is 12.4. The monoisotopic (exact) mass is 287 g/mol. The van der Waals surface area contributed by atoms with E-state index in [0.29, 0.717) is 24.4 Å². The topological polar surface area (TPSA) is 63.2 Å². The van der Waals surface area contributed by atoms with Crippen LogP contribution in [-0.2, 0) is 14.6 Å². The summed E-state index contributed by atoms with van der Waals surface area (Å²) < 4.78 is 24.8. The lowest BCUT2D eigenvalue weighted by atomic mass is 10.2. The molecule has 1 unspecified atom stereocenters. The van der Waals surface area contributed by atoms with Crippen molar-refractivity contribution >= 4 is 27.3 Å². The molecule has 1 atom stereocenters. The average molecular weight is 288 g/mol. The Morgan fingerprint density at radius 3 is 2.78 bits per heavy atom. The van der Waals surface area contributed by atoms with Crippen molar-refractivity contribution in [1.82, 2.24) is 5.32 Å². The number of sulfone groups is 1. The Balaban J connectivity index is 2.28. The fourth-order valence-corrected chi connectivity index (χ4v) is 4.10. The summed E-state index contributed by atoms with van der Waals surface area (Å²) >= 11 is 5.81. The molecule has 1 amide bonds. The van der Waals surface area contributed by atoms with E-state index in [4.69, 9.17) is 11.6 Å². The van der Waals surface area contributed by atoms with Crippen LogP contribution < -0.4 is 5.32 Å². The number of rotatable bonds is 2. The molecule has 1 aliphatic heterocycles. The molecule has 6 heteroatoms. The fraction of sp³-hybridized carbons (Fsp3) is 0.417. The molecule has 1 saturated heterocycles. The van der Waals surface area contributed by atoms with E-state index in [9.17, 15) is 13.2 Å². The largest absolute Gasteiger partial charge is 0.356 e. The lowest BCUT2D eigenvalue weighted by molar-refractivity contribution is -0.120. The van der Waals surface area contributed by atoms with E-state index in [2.05, 4.69) is 5.32 Å². The molecule has 18 heavy (non-hydrogen) atoms. The second-order valence-corrected chi connectivity index (χ2v) is 6.97. The molecular weight excluding hydrogens is 274 g/mol. The first-order valence-electron chi connectivity index (χ1n) is 5.76. The van der Waals surface area contributed by atoms with Crippen molar-refractivity contribution in [3.05, 3.63) is 29.3 Å². The molecule has 98 valence electrons. The molecule has 0 spiro atoms. The van der Waals surface area contributed by atoms with Crippen molar-refractivity contribution < 1.29 is 13.2 Å². The number of hydrogen-bond acceptors (Lipinski definition) is 3. The van der Waals surface area contributed by atoms with Crippen LogP contribution in [0.2, 0.25) is 5.02 Å². The zero-order valence-corrected chi connectivity index (χ0v) is 11.3. The molecule has 0 aromatic heterocycles. The van der Waals surface area contributed by atoms with Gasteiger partial charge in [0.05, 0.1) is 10.1 Å². The molecule has 0 bridgehead atoms. The highest BCUT2D eigenvalue weighted by Gasteiger charge is 2.29. The van der Waals surface area contributed by atoms with Gasteiger partial charge < -0.3 is 5.32 Å². The Morgan fingerprint density at radius 2 is 2.06 bits per heavy atom. The molecule has 1 aromatic rings. The third-order valence-corrected chi connectivity index (χ3v) is 5.54. The van der Waals surface area contributed by atoms with Crippen molar-refractivity contribution in [2.75, 3.05) is 6.54 Å². The average Bonchev–Trinajstić information content (AvgIpc) is 2.54. The van der Waals surface area contributed by atoms with Crippen molar-refractivity contribution in [2.45, 2.75) is 29.4 Å². The summed E-state index contributed by atoms with van der Waals surface area (Å²) in [5.41, 5.74) is 0. The molecule has 0 saturated carbocycles. The summed E-state index contributed by atoms with van der Waals surface area (Å²) in [6, 6.07) is 6.26. The maximum absolute atomic E-state index is 12.4. The molecule has 1 fully saturated rings. The summed E-state index contributed by atoms with van der Waals surface area (Å²) in [6.07, 6.45) is 1.06. The van der Waals surface area contributed by atoms with Gasteiger partial charge in [0.25, 0.3) is 0 Å². The van der Waals surface area contributed by atoms with E-state index in [0.717, 1.165) is 0 Å². The normalized spacial score (nSPS) is 21.2. The van der Waals surface area contributed by atoms with Gasteiger partial charge in [0.2, 0.25) is 5.91 Å². The Labute approximate surface area is 111 Å². The summed E-state index contributed by atoms with van der Waals surface area (Å²) in [5.74, 6) is -0.0844. The van der Waals surface area contributed by atoms with Crippen LogP contribution in [0.3, 0.4) is 0 Å². The Morgan fingerprint density at radius 1 is 1.28 bits per heavy atom. The quantitative estimate of drug-likeness (QED) is 0.902. The minimum Gasteiger partial charge on any atom is -0.356 e. The van der Waals surface area contributed by atoms with Crippen LogP contribution in [0.5, 0.6) is 0 Å². The third-order valence-electron chi connectivity index (χ3n) is 3.05. The zero-order valence-electron chi connectivity index (χ0n) is 9.73. The molecule has 1 heterocycles. The number of carbonyl (C=O) groups excluding carboxylic acids is 1. The lowest BCUT2D eigenvalue weighted by Crippen LogP contribution is -2.24. The number of amides is 1. The molecule has 1 aromatic carbocycles. The summed E-state index contributed by atoms with van der Waals surface area (Å²) in [5, 5.41) is 2.56. The first-order chi connectivity index (χ1) is 8.50. The molecule has 1 N–H and O–H groups in total. The second kappa shape index (κ2) is 5.28. The van der Waals surface area contributed by atoms with Gasteiger partial charge in [0.1, 0.15) is 0 Å². The number of benzene rings is 1. The van der Waals surface area contributed by atoms with E-state index in [1.54, 1.807) is 18.2 Å². The first-order valence-corrected chi connectivity index (χ1v) is 7.69. The van der Waals surface area contributed by atoms with E-state index >= 15 is 0 Å². The van der Waals surface area contributed by atoms with Crippen LogP contribution >= 0.6 is 11.6 Å². The molecule has 0 aliphatic carbocycles. The van der Waals surface area contributed by atoms with Crippen LogP contribution in [0.15, 0.2) is 29.2 Å². The Hall–Kier alpha value is -1.07. The predicted molar refractivity (Wildman–Crippen MR) is 69.3 cm³/mol. The summed E-state index contributed by atoms with van der Waals surface area (Å²) in [6.45, 7) is 0.406. The van der Waals surface area contributed by atoms with Gasteiger partial charge in [-0.15, -0.1) is 0 Å². The highest BCUT2D eigenvalue weighted by atomic mass is 35.5. The van der Waals surface area contributed by atoms with Gasteiger partial charge in [-0.25, -0.2) is 8.42 Å². The van der Waals surface area contributed by atoms with Crippen molar-refractivity contribution in [3.63, 3.8) is 0 Å². The van der Waals surface area contributed by atoms with Crippen LogP contribution in [0, 0.1) is 0 Å². The summed E-state index contributed by atoms with van der Waals surface area (Å²) in [4.78, 5) is 11.5. The van der Waals surface area contributed by atoms with Gasteiger partial charge in [-0.1, -0.05) is 17.7 Å². The first kappa shape index (κ1) is 13.4. The predicted octanol–water partition coefficient (Wildman–Crippen LogP) is 1.78. The lowest BCUT2D eigenvalue weighted by Gasteiger charge is -2.14. The molecule has 1 aliphatic rings. The number of halogens is 1. The third kappa shape index (κ3) is 2.84. The molecule has 2 rings (SSSR count). The van der Waals surface area contributed by atoms with E-state index in [1.165, 1.54) is 6.07 Å². The smallest absolute Gasteiger partial charge is 0.220 e. The van der Waals surface area contributed by atoms with Gasteiger partial charge in [-0.05, 0) is 31.0 Å². The van der Waals surface area contributed by atoms with Gasteiger partial charge in [-0.3, -0.25) is 4.79 Å². The van der Waals surface area contributed by atoms with Crippen molar-refractivity contribution in [3.8, 4) is 0 Å². The van der Waals surface area contributed by atoms with Gasteiger partial charge in [0, 0.05) is 18.0 Å². The Bertz CT molecular complexity index is 556. The van der Waals surface area contributed by atoms with E-state index in [-0.39, 0.29) is 17.2 Å². The van der Waals surface area contributed by atoms with Gasteiger partial charge in [-0.2, -0.15) is 0 Å². The second-order valence-electron chi connectivity index (χ2n) is 4.30. The van der Waals surface area contributed by atoms with E-state index < -0.39 is 15.1 Å². The van der Waals surface area contributed by atoms with Crippen LogP contribution in [0.1, 0.15) is 19.3 Å². The highest BCUT2D eigenvalue weighted by molar-refractivity contribution is 7.92. The number of carbonyl (C=O) groups is 1. The van der Waals surface area contributed by atoms with Crippen molar-refractivity contribution in [1.29, 1.82) is 0 Å². The van der Waals surface area contributed by atoms with Crippen LogP contribution in [0.4, 0.5) is 0 Å². The van der Waals surface area contributed by atoms with Crippen LogP contribution in [-0.4, -0.2) is 26.1 Å². The molecular formula is C12H14ClNO3S. The molecule has 4 nitrogen and oxygen atoms in total. The molecule has 0 radical (unpaired) electrons. The maximum Gasteiger partial charge on any atom is 0.220 e. The minimum atomic E-state index is -3.41. The minimum absolute atomic E-state index is 0.0844. The van der Waals surface area contributed by atoms with Gasteiger partial charge in [0.15, 0.2) is 9.84 Å². The Kier molecular flexibility index (Phi) is 3.92. The number of nitrogens with one attached hydrogen (secondary N) is 1. The SMILES string of the molecule is O=C1CCC(S(=O)(=O)c2cccc(Cl)c2)CCN1. The van der Waals surface area contributed by atoms with E-state index in [1.807, 2.05) is 0 Å². The summed E-state index contributed by atoms with van der Waals surface area (Å²) in [7, 11) is -3.41. The number of hydrogen-bond donors (Lipinski definition) is 1. The van der Waals surface area contributed by atoms with Crippen molar-refractivity contribution in [2.24, 2.45) is 0 Å².